The van der Waals surface area contributed by atoms with Gasteiger partial charge in [-0.1, -0.05) is 60.6 Å². The van der Waals surface area contributed by atoms with Crippen LogP contribution in [0, 0.1) is 62.1 Å². The summed E-state index contributed by atoms with van der Waals surface area (Å²) >= 11 is 0. The first kappa shape index (κ1) is 36.9. The number of amides is 1. The third-order valence-corrected chi connectivity index (χ3v) is 16.9. The molecule has 6 heteroatoms. The Morgan fingerprint density at radius 2 is 1.51 bits per heavy atom. The summed E-state index contributed by atoms with van der Waals surface area (Å²) in [5.41, 5.74) is 1.32. The van der Waals surface area contributed by atoms with Crippen LogP contribution in [0.5, 0.6) is 0 Å². The van der Waals surface area contributed by atoms with Gasteiger partial charge in [0.15, 0.2) is 0 Å². The van der Waals surface area contributed by atoms with Crippen LogP contribution >= 0.6 is 0 Å². The highest BCUT2D eigenvalue weighted by Crippen LogP contribution is 2.78. The van der Waals surface area contributed by atoms with Crippen molar-refractivity contribution < 1.29 is 24.2 Å². The van der Waals surface area contributed by atoms with Gasteiger partial charge in [0.2, 0.25) is 5.91 Å². The van der Waals surface area contributed by atoms with Gasteiger partial charge >= 0.3 is 11.9 Å². The summed E-state index contributed by atoms with van der Waals surface area (Å²) in [6, 6.07) is 0. The lowest BCUT2D eigenvalue weighted by Gasteiger charge is -2.73. The number of aliphatic carboxylic acids is 1. The number of hydrogen-bond donors (Lipinski definition) is 1. The second kappa shape index (κ2) is 12.7. The molecule has 49 heavy (non-hydrogen) atoms. The zero-order chi connectivity index (χ0) is 35.8. The van der Waals surface area contributed by atoms with Gasteiger partial charge < -0.3 is 14.7 Å². The van der Waals surface area contributed by atoms with Crippen molar-refractivity contribution in [2.75, 3.05) is 13.1 Å². The predicted octanol–water partition coefficient (Wildman–Crippen LogP) is 9.85. The van der Waals surface area contributed by atoms with Crippen LogP contribution in [0.25, 0.3) is 0 Å². The molecule has 1 amide bonds. The maximum atomic E-state index is 13.9. The van der Waals surface area contributed by atoms with E-state index in [1.165, 1.54) is 56.9 Å². The van der Waals surface area contributed by atoms with Crippen LogP contribution in [-0.4, -0.2) is 47.0 Å². The highest BCUT2D eigenvalue weighted by atomic mass is 16.5. The van der Waals surface area contributed by atoms with Crippen molar-refractivity contribution >= 4 is 17.8 Å². The lowest BCUT2D eigenvalue weighted by Crippen LogP contribution is -2.67. The number of nitrogens with zero attached hydrogens (tertiary/aromatic N) is 1. The summed E-state index contributed by atoms with van der Waals surface area (Å²) < 4.78 is 6.28. The number of carboxylic acid groups (broad SMARTS) is 1. The van der Waals surface area contributed by atoms with Gasteiger partial charge in [-0.3, -0.25) is 14.4 Å². The Labute approximate surface area is 297 Å². The van der Waals surface area contributed by atoms with Crippen molar-refractivity contribution in [2.24, 2.45) is 62.1 Å². The second-order valence-corrected chi connectivity index (χ2v) is 20.4. The van der Waals surface area contributed by atoms with Gasteiger partial charge in [-0.2, -0.15) is 0 Å². The van der Waals surface area contributed by atoms with Gasteiger partial charge in [0.1, 0.15) is 6.10 Å². The first-order valence-corrected chi connectivity index (χ1v) is 20.1. The zero-order valence-electron chi connectivity index (χ0n) is 32.4. The Bertz CT molecular complexity index is 1330. The maximum absolute atomic E-state index is 13.9. The minimum atomic E-state index is -0.877. The molecular formula is C43H69NO5. The number of rotatable bonds is 8. The minimum Gasteiger partial charge on any atom is -0.481 e. The van der Waals surface area contributed by atoms with E-state index in [9.17, 15) is 19.5 Å². The SMILES string of the molecule is C=C(C)[C@@H]1CC[C@]2(CC(=O)N3CCCCC3)CC[C@]3(C)[C@H](CC[C@@H]4[C@@]5(C)CC[C@H](OC(=O)CC(C)(C)CC(=O)O)C(C)(C)[C@@H]5CC[C@]43C)[C@@H]12. The summed E-state index contributed by atoms with van der Waals surface area (Å²) in [6.07, 6.45) is 15.9. The normalized spacial score (nSPS) is 43.0. The maximum Gasteiger partial charge on any atom is 0.306 e. The number of carbonyl (C=O) groups excluding carboxylic acids is 2. The van der Waals surface area contributed by atoms with Gasteiger partial charge in [-0.25, -0.2) is 0 Å². The third-order valence-electron chi connectivity index (χ3n) is 16.9. The van der Waals surface area contributed by atoms with E-state index < -0.39 is 11.4 Å². The monoisotopic (exact) mass is 680 g/mol. The highest BCUT2D eigenvalue weighted by Gasteiger charge is 2.71. The predicted molar refractivity (Wildman–Crippen MR) is 195 cm³/mol. The van der Waals surface area contributed by atoms with Crippen molar-refractivity contribution in [2.45, 2.75) is 164 Å². The molecule has 6 rings (SSSR count). The number of fused-ring (bicyclic) bond motifs is 7. The molecule has 1 N–H and O–H groups in total. The Balaban J connectivity index is 1.23. The van der Waals surface area contributed by atoms with Crippen LogP contribution in [0.4, 0.5) is 0 Å². The molecule has 0 aromatic rings. The number of carbonyl (C=O) groups is 3. The Morgan fingerprint density at radius 3 is 2.16 bits per heavy atom. The van der Waals surface area contributed by atoms with Crippen LogP contribution < -0.4 is 0 Å². The summed E-state index contributed by atoms with van der Waals surface area (Å²) in [4.78, 5) is 40.7. The van der Waals surface area contributed by atoms with E-state index in [0.29, 0.717) is 35.5 Å². The number of piperidine rings is 1. The van der Waals surface area contributed by atoms with Crippen LogP contribution in [-0.2, 0) is 19.1 Å². The first-order valence-electron chi connectivity index (χ1n) is 20.1. The van der Waals surface area contributed by atoms with Gasteiger partial charge in [-0.05, 0) is 147 Å². The smallest absolute Gasteiger partial charge is 0.306 e. The molecular weight excluding hydrogens is 610 g/mol. The average molecular weight is 680 g/mol. The van der Waals surface area contributed by atoms with Gasteiger partial charge in [0.05, 0.1) is 12.8 Å². The van der Waals surface area contributed by atoms with Crippen LogP contribution in [0.3, 0.4) is 0 Å². The van der Waals surface area contributed by atoms with E-state index in [4.69, 9.17) is 4.74 Å². The van der Waals surface area contributed by atoms with Crippen molar-refractivity contribution in [3.8, 4) is 0 Å². The molecule has 0 bridgehead atoms. The van der Waals surface area contributed by atoms with Gasteiger partial charge in [0, 0.05) is 24.9 Å². The molecule has 0 aromatic carbocycles. The molecule has 1 heterocycles. The summed E-state index contributed by atoms with van der Waals surface area (Å²) in [5.74, 6) is 2.09. The first-order chi connectivity index (χ1) is 22.8. The van der Waals surface area contributed by atoms with Crippen LogP contribution in [0.15, 0.2) is 12.2 Å². The fourth-order valence-corrected chi connectivity index (χ4v) is 14.4. The number of likely N-dealkylation sites (tertiary alicyclic amines) is 1. The third kappa shape index (κ3) is 6.03. The number of ether oxygens (including phenoxy) is 1. The molecule has 5 aliphatic carbocycles. The van der Waals surface area contributed by atoms with Crippen LogP contribution in [0.1, 0.15) is 158 Å². The molecule has 0 radical (unpaired) electrons. The fraction of sp³-hybridized carbons (Fsp3) is 0.884. The molecule has 0 spiro atoms. The summed E-state index contributed by atoms with van der Waals surface area (Å²) in [5, 5.41) is 9.34. The van der Waals surface area contributed by atoms with E-state index in [1.54, 1.807) is 0 Å². The topological polar surface area (TPSA) is 83.9 Å². The molecule has 6 nitrogen and oxygen atoms in total. The second-order valence-electron chi connectivity index (χ2n) is 20.4. The average Bonchev–Trinajstić information content (AvgIpc) is 3.38. The zero-order valence-corrected chi connectivity index (χ0v) is 32.4. The lowest BCUT2D eigenvalue weighted by molar-refractivity contribution is -0.250. The highest BCUT2D eigenvalue weighted by molar-refractivity contribution is 5.77. The summed E-state index contributed by atoms with van der Waals surface area (Å²) in [6.45, 7) is 25.0. The number of allylic oxidation sites excluding steroid dienone is 1. The van der Waals surface area contributed by atoms with Crippen LogP contribution in [0.2, 0.25) is 0 Å². The Hall–Kier alpha value is -1.85. The van der Waals surface area contributed by atoms with E-state index >= 15 is 0 Å². The van der Waals surface area contributed by atoms with Crippen molar-refractivity contribution in [3.05, 3.63) is 12.2 Å². The lowest BCUT2D eigenvalue weighted by atomic mass is 9.32. The Morgan fingerprint density at radius 1 is 0.816 bits per heavy atom. The van der Waals surface area contributed by atoms with Crippen molar-refractivity contribution in [1.82, 2.24) is 4.90 Å². The van der Waals surface area contributed by atoms with Crippen molar-refractivity contribution in [1.29, 1.82) is 0 Å². The molecule has 276 valence electrons. The van der Waals surface area contributed by atoms with E-state index in [-0.39, 0.29) is 52.0 Å². The minimum absolute atomic E-state index is 0.0409. The quantitative estimate of drug-likeness (QED) is 0.204. The van der Waals surface area contributed by atoms with E-state index in [2.05, 4.69) is 53.0 Å². The molecule has 10 atom stereocenters. The fourth-order valence-electron chi connectivity index (χ4n) is 14.4. The van der Waals surface area contributed by atoms with E-state index in [0.717, 1.165) is 51.6 Å². The molecule has 0 aromatic heterocycles. The molecule has 1 aliphatic heterocycles. The number of hydrogen-bond acceptors (Lipinski definition) is 4. The molecule has 1 saturated heterocycles. The Kier molecular flexibility index (Phi) is 9.55. The molecule has 5 saturated carbocycles. The molecule has 6 aliphatic rings. The van der Waals surface area contributed by atoms with Gasteiger partial charge in [0.25, 0.3) is 0 Å². The van der Waals surface area contributed by atoms with E-state index in [1.807, 2.05) is 13.8 Å². The summed E-state index contributed by atoms with van der Waals surface area (Å²) in [7, 11) is 0. The standard InChI is InChI=1S/C43H69NO5/c1-28(2)29-15-20-43(25-34(45)44-23-11-10-12-24-44)22-21-41(8)30(37(29)43)13-14-32-40(7)18-17-33(39(5,6)31(40)16-19-42(32,41)9)49-36(48)27-38(3,4)26-35(46)47/h29-33,37H,1,10-27H2,2-9H3,(H,46,47)/t29-,30+,31-,32+,33-,37+,40-,41+,42+,43+/m0/s1. The number of carboxylic acids is 1. The number of esters is 1. The largest absolute Gasteiger partial charge is 0.481 e. The van der Waals surface area contributed by atoms with Gasteiger partial charge in [-0.15, -0.1) is 0 Å². The molecule has 0 unspecified atom stereocenters. The molecule has 6 fully saturated rings. The van der Waals surface area contributed by atoms with Crippen molar-refractivity contribution in [3.63, 3.8) is 0 Å².